The highest BCUT2D eigenvalue weighted by Crippen LogP contribution is 2.27. The first-order chi connectivity index (χ1) is 10.6. The van der Waals surface area contributed by atoms with Crippen LogP contribution in [0.5, 0.6) is 5.75 Å². The normalized spacial score (nSPS) is 10.9. The third kappa shape index (κ3) is 2.67. The van der Waals surface area contributed by atoms with Gasteiger partial charge in [-0.1, -0.05) is 11.6 Å². The summed E-state index contributed by atoms with van der Waals surface area (Å²) in [5.74, 6) is 0.559. The van der Waals surface area contributed by atoms with Gasteiger partial charge in [-0.2, -0.15) is 0 Å². The van der Waals surface area contributed by atoms with Crippen molar-refractivity contribution in [3.05, 3.63) is 45.4 Å². The molecule has 22 heavy (non-hydrogen) atoms. The second kappa shape index (κ2) is 5.98. The topological polar surface area (TPSA) is 56.1 Å². The lowest BCUT2D eigenvalue weighted by Gasteiger charge is -2.12. The second-order valence-electron chi connectivity index (χ2n) is 4.79. The van der Waals surface area contributed by atoms with Crippen molar-refractivity contribution in [3.63, 3.8) is 0 Å². The van der Waals surface area contributed by atoms with Crippen LogP contribution in [0, 0.1) is 0 Å². The van der Waals surface area contributed by atoms with E-state index in [2.05, 4.69) is 10.3 Å². The molecule has 1 N–H and O–H groups in total. The summed E-state index contributed by atoms with van der Waals surface area (Å²) in [6.45, 7) is 0.354. The lowest BCUT2D eigenvalue weighted by molar-refractivity contribution is 0.0951. The Balaban J connectivity index is 1.89. The molecule has 0 aliphatic heterocycles. The van der Waals surface area contributed by atoms with Crippen molar-refractivity contribution in [2.24, 2.45) is 7.05 Å². The Morgan fingerprint density at radius 3 is 3.00 bits per heavy atom. The molecule has 2 aromatic heterocycles. The highest BCUT2D eigenvalue weighted by Gasteiger charge is 2.14. The first kappa shape index (κ1) is 14.9. The number of carbonyl (C=O) groups is 1. The third-order valence-electron chi connectivity index (χ3n) is 3.42. The van der Waals surface area contributed by atoms with Crippen LogP contribution in [0.4, 0.5) is 0 Å². The van der Waals surface area contributed by atoms with Crippen LogP contribution in [0.3, 0.4) is 0 Å². The molecular formula is C15H14ClN3O2S. The van der Waals surface area contributed by atoms with E-state index in [1.54, 1.807) is 24.9 Å². The van der Waals surface area contributed by atoms with Gasteiger partial charge in [-0.3, -0.25) is 4.79 Å². The summed E-state index contributed by atoms with van der Waals surface area (Å²) in [5.41, 5.74) is 3.27. The predicted molar refractivity (Wildman–Crippen MR) is 87.8 cm³/mol. The maximum absolute atomic E-state index is 12.2. The standard InChI is InChI=1S/C15H14ClN3O2S/c1-19-8-18-11-3-4-12(21-2)10(14(11)19)6-17-15(20)9-5-13(16)22-7-9/h3-5,7-8H,6H2,1-2H3,(H,17,20). The molecule has 0 unspecified atom stereocenters. The van der Waals surface area contributed by atoms with E-state index in [9.17, 15) is 4.79 Å². The number of thiophene rings is 1. The van der Waals surface area contributed by atoms with Crippen LogP contribution in [0.25, 0.3) is 11.0 Å². The first-order valence-electron chi connectivity index (χ1n) is 6.59. The second-order valence-corrected chi connectivity index (χ2v) is 6.33. The fourth-order valence-electron chi connectivity index (χ4n) is 2.37. The molecule has 0 radical (unpaired) electrons. The van der Waals surface area contributed by atoms with E-state index in [1.165, 1.54) is 11.3 Å². The number of nitrogens with one attached hydrogen (secondary N) is 1. The molecule has 114 valence electrons. The molecule has 0 fully saturated rings. The average Bonchev–Trinajstić information content (AvgIpc) is 3.11. The van der Waals surface area contributed by atoms with Crippen LogP contribution in [0.2, 0.25) is 4.34 Å². The van der Waals surface area contributed by atoms with Gasteiger partial charge in [0, 0.05) is 24.5 Å². The van der Waals surface area contributed by atoms with Crippen LogP contribution in [0.15, 0.2) is 29.9 Å². The molecule has 1 amide bonds. The Hall–Kier alpha value is -2.05. The number of benzene rings is 1. The third-order valence-corrected chi connectivity index (χ3v) is 4.51. The summed E-state index contributed by atoms with van der Waals surface area (Å²) in [4.78, 5) is 16.5. The van der Waals surface area contributed by atoms with Crippen LogP contribution in [0.1, 0.15) is 15.9 Å². The number of halogens is 1. The highest BCUT2D eigenvalue weighted by molar-refractivity contribution is 7.14. The average molecular weight is 336 g/mol. The molecule has 0 aliphatic rings. The number of ether oxygens (including phenoxy) is 1. The Morgan fingerprint density at radius 1 is 1.50 bits per heavy atom. The number of fused-ring (bicyclic) bond motifs is 1. The van der Waals surface area contributed by atoms with Gasteiger partial charge in [-0.05, 0) is 18.2 Å². The van der Waals surface area contributed by atoms with Gasteiger partial charge in [0.05, 0.1) is 34.4 Å². The summed E-state index contributed by atoms with van der Waals surface area (Å²) in [6.07, 6.45) is 1.74. The molecule has 0 atom stereocenters. The van der Waals surface area contributed by atoms with Crippen LogP contribution >= 0.6 is 22.9 Å². The minimum Gasteiger partial charge on any atom is -0.496 e. The summed E-state index contributed by atoms with van der Waals surface area (Å²) in [7, 11) is 3.53. The Kier molecular flexibility index (Phi) is 4.04. The van der Waals surface area contributed by atoms with E-state index in [4.69, 9.17) is 16.3 Å². The summed E-state index contributed by atoms with van der Waals surface area (Å²) >= 11 is 7.19. The molecular weight excluding hydrogens is 322 g/mol. The van der Waals surface area contributed by atoms with Crippen molar-refractivity contribution in [1.82, 2.24) is 14.9 Å². The maximum atomic E-state index is 12.2. The van der Waals surface area contributed by atoms with Gasteiger partial charge in [0.25, 0.3) is 5.91 Å². The first-order valence-corrected chi connectivity index (χ1v) is 7.85. The minimum absolute atomic E-state index is 0.163. The zero-order valence-electron chi connectivity index (χ0n) is 12.1. The SMILES string of the molecule is COc1ccc2ncn(C)c2c1CNC(=O)c1csc(Cl)c1. The predicted octanol–water partition coefficient (Wildman–Crippen LogP) is 3.23. The van der Waals surface area contributed by atoms with Crippen LogP contribution in [-0.2, 0) is 13.6 Å². The number of aryl methyl sites for hydroxylation is 1. The smallest absolute Gasteiger partial charge is 0.252 e. The largest absolute Gasteiger partial charge is 0.496 e. The number of rotatable bonds is 4. The number of amides is 1. The van der Waals surface area contributed by atoms with Gasteiger partial charge in [0.2, 0.25) is 0 Å². The lowest BCUT2D eigenvalue weighted by Crippen LogP contribution is -2.23. The lowest BCUT2D eigenvalue weighted by atomic mass is 10.1. The summed E-state index contributed by atoms with van der Waals surface area (Å²) in [5, 5.41) is 4.64. The Bertz CT molecular complexity index is 841. The fraction of sp³-hybridized carbons (Fsp3) is 0.200. The number of methoxy groups -OCH3 is 1. The quantitative estimate of drug-likeness (QED) is 0.796. The van der Waals surface area contributed by atoms with Gasteiger partial charge in [0.15, 0.2) is 0 Å². The molecule has 7 heteroatoms. The maximum Gasteiger partial charge on any atom is 0.252 e. The zero-order chi connectivity index (χ0) is 15.7. The van der Waals surface area contributed by atoms with E-state index in [1.807, 2.05) is 23.7 Å². The molecule has 3 rings (SSSR count). The fourth-order valence-corrected chi connectivity index (χ4v) is 3.23. The van der Waals surface area contributed by atoms with Crippen molar-refractivity contribution in [2.75, 3.05) is 7.11 Å². The summed E-state index contributed by atoms with van der Waals surface area (Å²) in [6, 6.07) is 5.42. The van der Waals surface area contributed by atoms with Crippen molar-refractivity contribution >= 4 is 39.9 Å². The van der Waals surface area contributed by atoms with Crippen molar-refractivity contribution < 1.29 is 9.53 Å². The number of nitrogens with zero attached hydrogens (tertiary/aromatic N) is 2. The van der Waals surface area contributed by atoms with Gasteiger partial charge in [0.1, 0.15) is 5.75 Å². The highest BCUT2D eigenvalue weighted by atomic mass is 35.5. The van der Waals surface area contributed by atoms with Gasteiger partial charge < -0.3 is 14.6 Å². The van der Waals surface area contributed by atoms with Crippen molar-refractivity contribution in [2.45, 2.75) is 6.54 Å². The molecule has 0 saturated heterocycles. The molecule has 0 spiro atoms. The molecule has 0 saturated carbocycles. The molecule has 0 bridgehead atoms. The number of hydrogen-bond acceptors (Lipinski definition) is 4. The number of imidazole rings is 1. The van der Waals surface area contributed by atoms with Crippen molar-refractivity contribution in [3.8, 4) is 5.75 Å². The molecule has 2 heterocycles. The molecule has 5 nitrogen and oxygen atoms in total. The van der Waals surface area contributed by atoms with Gasteiger partial charge >= 0.3 is 0 Å². The van der Waals surface area contributed by atoms with E-state index >= 15 is 0 Å². The Labute approximate surface area is 136 Å². The van der Waals surface area contributed by atoms with E-state index in [-0.39, 0.29) is 5.91 Å². The van der Waals surface area contributed by atoms with E-state index < -0.39 is 0 Å². The molecule has 1 aromatic carbocycles. The van der Waals surface area contributed by atoms with Crippen molar-refractivity contribution in [1.29, 1.82) is 0 Å². The van der Waals surface area contributed by atoms with E-state index in [0.717, 1.165) is 22.3 Å². The minimum atomic E-state index is -0.163. The summed E-state index contributed by atoms with van der Waals surface area (Å²) < 4.78 is 7.92. The van der Waals surface area contributed by atoms with E-state index in [0.29, 0.717) is 16.4 Å². The molecule has 3 aromatic rings. The van der Waals surface area contributed by atoms with Gasteiger partial charge in [-0.15, -0.1) is 11.3 Å². The van der Waals surface area contributed by atoms with Gasteiger partial charge in [-0.25, -0.2) is 4.98 Å². The number of aromatic nitrogens is 2. The number of hydrogen-bond donors (Lipinski definition) is 1. The zero-order valence-corrected chi connectivity index (χ0v) is 13.7. The monoisotopic (exact) mass is 335 g/mol. The molecule has 0 aliphatic carbocycles. The Morgan fingerprint density at radius 2 is 2.32 bits per heavy atom. The van der Waals surface area contributed by atoms with Crippen LogP contribution < -0.4 is 10.1 Å². The van der Waals surface area contributed by atoms with Crippen LogP contribution in [-0.4, -0.2) is 22.6 Å². The number of carbonyl (C=O) groups excluding carboxylic acids is 1.